The molecule has 2 heterocycles. The van der Waals surface area contributed by atoms with Crippen LogP contribution in [-0.2, 0) is 9.59 Å². The summed E-state index contributed by atoms with van der Waals surface area (Å²) in [5.41, 5.74) is 0.883. The lowest BCUT2D eigenvalue weighted by molar-refractivity contribution is -0.402. The largest absolute Gasteiger partial charge is 0.495 e. The Labute approximate surface area is 164 Å². The molecule has 0 saturated carbocycles. The van der Waals surface area contributed by atoms with Gasteiger partial charge in [0.05, 0.1) is 24.8 Å². The van der Waals surface area contributed by atoms with Crippen LogP contribution in [0.15, 0.2) is 34.7 Å². The predicted octanol–water partition coefficient (Wildman–Crippen LogP) is 1.87. The molecular formula is C18H18N4O7. The van der Waals surface area contributed by atoms with E-state index in [1.807, 2.05) is 0 Å². The summed E-state index contributed by atoms with van der Waals surface area (Å²) >= 11 is 0. The van der Waals surface area contributed by atoms with Gasteiger partial charge in [-0.05, 0) is 24.3 Å². The van der Waals surface area contributed by atoms with Gasteiger partial charge >= 0.3 is 5.88 Å². The topological polar surface area (TPSA) is 144 Å². The number of nitro groups is 1. The first-order valence-corrected chi connectivity index (χ1v) is 8.58. The molecule has 1 aromatic heterocycles. The van der Waals surface area contributed by atoms with Crippen molar-refractivity contribution in [2.75, 3.05) is 30.8 Å². The summed E-state index contributed by atoms with van der Waals surface area (Å²) < 4.78 is 10.1. The van der Waals surface area contributed by atoms with Crippen molar-refractivity contribution >= 4 is 35.0 Å². The van der Waals surface area contributed by atoms with Gasteiger partial charge < -0.3 is 24.7 Å². The zero-order chi connectivity index (χ0) is 21.1. The number of ether oxygens (including phenoxy) is 1. The van der Waals surface area contributed by atoms with Crippen LogP contribution >= 0.6 is 0 Å². The van der Waals surface area contributed by atoms with Gasteiger partial charge in [-0.1, -0.05) is 0 Å². The second-order valence-corrected chi connectivity index (χ2v) is 6.39. The van der Waals surface area contributed by atoms with E-state index < -0.39 is 22.6 Å². The smallest absolute Gasteiger partial charge is 0.433 e. The van der Waals surface area contributed by atoms with Gasteiger partial charge in [-0.15, -0.1) is 0 Å². The highest BCUT2D eigenvalue weighted by molar-refractivity contribution is 5.99. The summed E-state index contributed by atoms with van der Waals surface area (Å²) in [4.78, 5) is 47.2. The number of carbonyl (C=O) groups excluding carboxylic acids is 3. The highest BCUT2D eigenvalue weighted by Gasteiger charge is 2.37. The molecule has 0 bridgehead atoms. The second-order valence-electron chi connectivity index (χ2n) is 6.39. The van der Waals surface area contributed by atoms with Crippen molar-refractivity contribution in [3.63, 3.8) is 0 Å². The number of methoxy groups -OCH3 is 1. The number of nitrogens with zero attached hydrogens (tertiary/aromatic N) is 2. The van der Waals surface area contributed by atoms with Crippen molar-refractivity contribution in [2.24, 2.45) is 5.92 Å². The summed E-state index contributed by atoms with van der Waals surface area (Å²) in [6.07, 6.45) is 0. The standard InChI is InChI=1S/C18H18N4O7/c1-10(23)19-12-3-4-14(28-2)13(7-12)20-17(24)11-8-21(9-11)18(25)15-5-6-16(29-15)22(26)27/h3-7,11H,8-9H2,1-2H3,(H,19,23)(H,20,24). The lowest BCUT2D eigenvalue weighted by atomic mass is 9.98. The van der Waals surface area contributed by atoms with E-state index in [0.717, 1.165) is 6.07 Å². The number of nitrogens with one attached hydrogen (secondary N) is 2. The molecule has 3 rings (SSSR count). The maximum atomic E-state index is 12.5. The Bertz CT molecular complexity index is 978. The van der Waals surface area contributed by atoms with Crippen LogP contribution in [0, 0.1) is 16.0 Å². The van der Waals surface area contributed by atoms with Crippen molar-refractivity contribution in [2.45, 2.75) is 6.92 Å². The number of hydrogen-bond acceptors (Lipinski definition) is 7. The van der Waals surface area contributed by atoms with Crippen molar-refractivity contribution in [3.8, 4) is 5.75 Å². The van der Waals surface area contributed by atoms with Gasteiger partial charge in [0.1, 0.15) is 10.7 Å². The van der Waals surface area contributed by atoms with Crippen molar-refractivity contribution < 1.29 is 28.5 Å². The molecule has 0 aliphatic carbocycles. The highest BCUT2D eigenvalue weighted by atomic mass is 16.6. The zero-order valence-electron chi connectivity index (χ0n) is 15.6. The monoisotopic (exact) mass is 402 g/mol. The van der Waals surface area contributed by atoms with Gasteiger partial charge in [-0.2, -0.15) is 0 Å². The molecule has 0 spiro atoms. The Kier molecular flexibility index (Phi) is 5.48. The van der Waals surface area contributed by atoms with Gasteiger partial charge in [0, 0.05) is 25.7 Å². The number of carbonyl (C=O) groups is 3. The molecule has 29 heavy (non-hydrogen) atoms. The molecule has 152 valence electrons. The summed E-state index contributed by atoms with van der Waals surface area (Å²) in [6.45, 7) is 1.66. The SMILES string of the molecule is COc1ccc(NC(C)=O)cc1NC(=O)C1CN(C(=O)c2ccc([N+](=O)[O-])o2)C1. The number of hydrogen-bond donors (Lipinski definition) is 2. The molecule has 1 aliphatic rings. The van der Waals surface area contributed by atoms with E-state index in [9.17, 15) is 24.5 Å². The van der Waals surface area contributed by atoms with E-state index in [-0.39, 0.29) is 30.7 Å². The van der Waals surface area contributed by atoms with Crippen LogP contribution in [0.4, 0.5) is 17.3 Å². The van der Waals surface area contributed by atoms with Gasteiger partial charge in [0.25, 0.3) is 5.91 Å². The normalized spacial score (nSPS) is 13.4. The highest BCUT2D eigenvalue weighted by Crippen LogP contribution is 2.30. The lowest BCUT2D eigenvalue weighted by Gasteiger charge is -2.37. The van der Waals surface area contributed by atoms with Crippen LogP contribution in [-0.4, -0.2) is 47.7 Å². The molecule has 1 fully saturated rings. The Morgan fingerprint density at radius 3 is 2.52 bits per heavy atom. The number of rotatable bonds is 6. The van der Waals surface area contributed by atoms with E-state index in [1.165, 1.54) is 25.0 Å². The molecule has 3 amide bonds. The van der Waals surface area contributed by atoms with Crippen molar-refractivity contribution in [1.29, 1.82) is 0 Å². The fraction of sp³-hybridized carbons (Fsp3) is 0.278. The van der Waals surface area contributed by atoms with E-state index in [1.54, 1.807) is 18.2 Å². The van der Waals surface area contributed by atoms with Crippen molar-refractivity contribution in [3.05, 3.63) is 46.2 Å². The van der Waals surface area contributed by atoms with Crippen LogP contribution in [0.1, 0.15) is 17.5 Å². The van der Waals surface area contributed by atoms with Gasteiger partial charge in [-0.3, -0.25) is 24.5 Å². The maximum Gasteiger partial charge on any atom is 0.433 e. The number of likely N-dealkylation sites (tertiary alicyclic amines) is 1. The third kappa shape index (κ3) is 4.34. The van der Waals surface area contributed by atoms with E-state index in [4.69, 9.17) is 9.15 Å². The molecule has 0 atom stereocenters. The summed E-state index contributed by atoms with van der Waals surface area (Å²) in [5, 5.41) is 16.0. The third-order valence-corrected chi connectivity index (χ3v) is 4.30. The summed E-state index contributed by atoms with van der Waals surface area (Å²) in [6, 6.07) is 7.16. The number of benzene rings is 1. The number of furan rings is 1. The molecule has 0 radical (unpaired) electrons. The average Bonchev–Trinajstić information content (AvgIpc) is 3.10. The van der Waals surface area contributed by atoms with E-state index in [2.05, 4.69) is 10.6 Å². The maximum absolute atomic E-state index is 12.5. The van der Waals surface area contributed by atoms with Crippen LogP contribution < -0.4 is 15.4 Å². The van der Waals surface area contributed by atoms with Crippen LogP contribution in [0.25, 0.3) is 0 Å². The molecule has 11 nitrogen and oxygen atoms in total. The van der Waals surface area contributed by atoms with Crippen LogP contribution in [0.2, 0.25) is 0 Å². The lowest BCUT2D eigenvalue weighted by Crippen LogP contribution is -2.54. The first-order chi connectivity index (χ1) is 13.8. The van der Waals surface area contributed by atoms with Crippen LogP contribution in [0.3, 0.4) is 0 Å². The third-order valence-electron chi connectivity index (χ3n) is 4.30. The first-order valence-electron chi connectivity index (χ1n) is 8.58. The fourth-order valence-electron chi connectivity index (χ4n) is 2.83. The van der Waals surface area contributed by atoms with Crippen LogP contribution in [0.5, 0.6) is 5.75 Å². The average molecular weight is 402 g/mol. The Balaban J connectivity index is 1.61. The Morgan fingerprint density at radius 1 is 1.21 bits per heavy atom. The van der Waals surface area contributed by atoms with Gasteiger partial charge in [0.15, 0.2) is 5.76 Å². The Morgan fingerprint density at radius 2 is 1.93 bits per heavy atom. The number of amides is 3. The zero-order valence-corrected chi connectivity index (χ0v) is 15.6. The minimum Gasteiger partial charge on any atom is -0.495 e. The van der Waals surface area contributed by atoms with Gasteiger partial charge in [-0.25, -0.2) is 0 Å². The molecule has 1 aliphatic heterocycles. The van der Waals surface area contributed by atoms with E-state index >= 15 is 0 Å². The Hall–Kier alpha value is -3.89. The molecule has 1 saturated heterocycles. The molecule has 2 N–H and O–H groups in total. The molecule has 11 heteroatoms. The number of anilines is 2. The molecular weight excluding hydrogens is 384 g/mol. The molecule has 1 aromatic carbocycles. The predicted molar refractivity (Wildman–Crippen MR) is 101 cm³/mol. The quantitative estimate of drug-likeness (QED) is 0.554. The second kappa shape index (κ2) is 8.00. The minimum absolute atomic E-state index is 0.146. The van der Waals surface area contributed by atoms with Crippen molar-refractivity contribution in [1.82, 2.24) is 4.90 Å². The summed E-state index contributed by atoms with van der Waals surface area (Å²) in [7, 11) is 1.45. The minimum atomic E-state index is -0.731. The van der Waals surface area contributed by atoms with E-state index in [0.29, 0.717) is 17.1 Å². The first kappa shape index (κ1) is 19.9. The fourth-order valence-corrected chi connectivity index (χ4v) is 2.83. The summed E-state index contributed by atoms with van der Waals surface area (Å²) in [5.74, 6) is -1.81. The molecule has 2 aromatic rings. The molecule has 0 unspecified atom stereocenters. The van der Waals surface area contributed by atoms with Gasteiger partial charge in [0.2, 0.25) is 11.8 Å².